The van der Waals surface area contributed by atoms with Crippen molar-refractivity contribution in [3.8, 4) is 16.5 Å². The topological polar surface area (TPSA) is 69.6 Å². The zero-order valence-corrected chi connectivity index (χ0v) is 13.7. The number of fused-ring (bicyclic) bond motifs is 1. The molecule has 0 radical (unpaired) electrons. The highest BCUT2D eigenvalue weighted by Gasteiger charge is 2.14. The molecule has 108 valence electrons. The summed E-state index contributed by atoms with van der Waals surface area (Å²) in [7, 11) is 0. The molecule has 0 unspecified atom stereocenters. The molecule has 2 heterocycles. The minimum absolute atomic E-state index is 0.328. The number of benzene rings is 2. The van der Waals surface area contributed by atoms with Crippen molar-refractivity contribution in [2.45, 2.75) is 0 Å². The minimum atomic E-state index is 0.328. The Morgan fingerprint density at radius 2 is 1.91 bits per heavy atom. The Kier molecular flexibility index (Phi) is 3.16. The van der Waals surface area contributed by atoms with Crippen LogP contribution in [0.3, 0.4) is 0 Å². The van der Waals surface area contributed by atoms with Crippen LogP contribution in [-0.4, -0.2) is 19.7 Å². The van der Waals surface area contributed by atoms with Crippen LogP contribution in [0.25, 0.3) is 26.7 Å². The third-order valence-electron chi connectivity index (χ3n) is 3.18. The van der Waals surface area contributed by atoms with Gasteiger partial charge in [-0.15, -0.1) is 5.10 Å². The molecular formula is C15H10BrN5S. The fourth-order valence-corrected chi connectivity index (χ4v) is 3.49. The molecule has 5 nitrogen and oxygen atoms in total. The summed E-state index contributed by atoms with van der Waals surface area (Å²) in [5, 5.41) is 5.21. The number of para-hydroxylation sites is 1. The maximum absolute atomic E-state index is 6.01. The van der Waals surface area contributed by atoms with Crippen LogP contribution >= 0.6 is 27.3 Å². The minimum Gasteiger partial charge on any atom is -0.368 e. The molecule has 0 saturated carbocycles. The average molecular weight is 372 g/mol. The largest absolute Gasteiger partial charge is 0.368 e. The number of anilines is 1. The normalized spacial score (nSPS) is 11.1. The molecule has 0 spiro atoms. The summed E-state index contributed by atoms with van der Waals surface area (Å²) in [4.78, 5) is 8.90. The number of aromatic nitrogens is 4. The van der Waals surface area contributed by atoms with Crippen LogP contribution in [0, 0.1) is 0 Å². The van der Waals surface area contributed by atoms with E-state index < -0.39 is 0 Å². The first kappa shape index (κ1) is 13.4. The summed E-state index contributed by atoms with van der Waals surface area (Å²) in [6.45, 7) is 0. The molecular weight excluding hydrogens is 362 g/mol. The molecule has 7 heteroatoms. The highest BCUT2D eigenvalue weighted by atomic mass is 79.9. The van der Waals surface area contributed by atoms with Gasteiger partial charge in [0.2, 0.25) is 11.1 Å². The van der Waals surface area contributed by atoms with Crippen molar-refractivity contribution in [1.82, 2.24) is 19.7 Å². The van der Waals surface area contributed by atoms with Crippen molar-refractivity contribution in [3.05, 3.63) is 53.0 Å². The van der Waals surface area contributed by atoms with E-state index in [1.54, 1.807) is 4.68 Å². The van der Waals surface area contributed by atoms with Gasteiger partial charge in [-0.3, -0.25) is 0 Å². The predicted molar refractivity (Wildman–Crippen MR) is 92.1 cm³/mol. The fourth-order valence-electron chi connectivity index (χ4n) is 2.17. The molecule has 0 amide bonds. The highest BCUT2D eigenvalue weighted by Crippen LogP contribution is 2.27. The van der Waals surface area contributed by atoms with Crippen LogP contribution in [0.2, 0.25) is 0 Å². The van der Waals surface area contributed by atoms with E-state index in [0.29, 0.717) is 16.9 Å². The Bertz CT molecular complexity index is 942. The quantitative estimate of drug-likeness (QED) is 0.580. The van der Waals surface area contributed by atoms with Crippen LogP contribution in [0.5, 0.6) is 0 Å². The smallest absolute Gasteiger partial charge is 0.226 e. The average Bonchev–Trinajstić information content (AvgIpc) is 3.10. The molecule has 0 bridgehead atoms. The predicted octanol–water partition coefficient (Wildman–Crippen LogP) is 3.89. The van der Waals surface area contributed by atoms with E-state index in [1.807, 2.05) is 48.5 Å². The zero-order valence-electron chi connectivity index (χ0n) is 11.3. The number of nitrogen functional groups attached to an aromatic ring is 1. The molecule has 22 heavy (non-hydrogen) atoms. The first-order valence-electron chi connectivity index (χ1n) is 6.55. The summed E-state index contributed by atoms with van der Waals surface area (Å²) >= 11 is 4.99. The standard InChI is InChI=1S/C15H10BrN5S/c16-10-5-3-4-9(8-10)13-19-14(17)21(20-13)15-18-11-6-1-2-7-12(11)22-15/h1-8H,(H2,17,19,20). The van der Waals surface area contributed by atoms with E-state index in [1.165, 1.54) is 11.3 Å². The zero-order chi connectivity index (χ0) is 15.1. The molecule has 0 saturated heterocycles. The van der Waals surface area contributed by atoms with Crippen LogP contribution in [-0.2, 0) is 0 Å². The maximum Gasteiger partial charge on any atom is 0.226 e. The van der Waals surface area contributed by atoms with Crippen LogP contribution in [0.1, 0.15) is 0 Å². The van der Waals surface area contributed by atoms with Gasteiger partial charge in [0.25, 0.3) is 0 Å². The Balaban J connectivity index is 1.83. The Hall–Kier alpha value is -2.25. The van der Waals surface area contributed by atoms with Gasteiger partial charge in [0, 0.05) is 10.0 Å². The lowest BCUT2D eigenvalue weighted by atomic mass is 10.2. The molecule has 0 aliphatic carbocycles. The number of nitrogens with two attached hydrogens (primary N) is 1. The SMILES string of the molecule is Nc1nc(-c2cccc(Br)c2)nn1-c1nc2ccccc2s1. The van der Waals surface area contributed by atoms with Gasteiger partial charge in [0.05, 0.1) is 10.2 Å². The second-order valence-electron chi connectivity index (χ2n) is 4.68. The van der Waals surface area contributed by atoms with Crippen molar-refractivity contribution in [2.75, 3.05) is 5.73 Å². The molecule has 2 aromatic carbocycles. The highest BCUT2D eigenvalue weighted by molar-refractivity contribution is 9.10. The van der Waals surface area contributed by atoms with Gasteiger partial charge in [0.15, 0.2) is 5.82 Å². The van der Waals surface area contributed by atoms with Crippen molar-refractivity contribution in [1.29, 1.82) is 0 Å². The van der Waals surface area contributed by atoms with E-state index in [0.717, 1.165) is 20.3 Å². The van der Waals surface area contributed by atoms with Crippen LogP contribution in [0.4, 0.5) is 5.95 Å². The fraction of sp³-hybridized carbons (Fsp3) is 0. The van der Waals surface area contributed by atoms with Crippen molar-refractivity contribution >= 4 is 43.4 Å². The number of thiazole rings is 1. The van der Waals surface area contributed by atoms with Crippen LogP contribution in [0.15, 0.2) is 53.0 Å². The summed E-state index contributed by atoms with van der Waals surface area (Å²) in [6.07, 6.45) is 0. The van der Waals surface area contributed by atoms with E-state index in [9.17, 15) is 0 Å². The number of hydrogen-bond donors (Lipinski definition) is 1. The van der Waals surface area contributed by atoms with E-state index >= 15 is 0 Å². The Morgan fingerprint density at radius 3 is 2.73 bits per heavy atom. The van der Waals surface area contributed by atoms with Crippen molar-refractivity contribution in [2.24, 2.45) is 0 Å². The van der Waals surface area contributed by atoms with Gasteiger partial charge in [-0.2, -0.15) is 9.67 Å². The second-order valence-corrected chi connectivity index (χ2v) is 6.60. The molecule has 4 rings (SSSR count). The van der Waals surface area contributed by atoms with Gasteiger partial charge in [-0.25, -0.2) is 4.98 Å². The monoisotopic (exact) mass is 371 g/mol. The van der Waals surface area contributed by atoms with E-state index in [2.05, 4.69) is 31.0 Å². The summed E-state index contributed by atoms with van der Waals surface area (Å²) < 4.78 is 3.65. The number of halogens is 1. The van der Waals surface area contributed by atoms with E-state index in [4.69, 9.17) is 5.73 Å². The van der Waals surface area contributed by atoms with Gasteiger partial charge >= 0.3 is 0 Å². The number of rotatable bonds is 2. The molecule has 0 aliphatic rings. The van der Waals surface area contributed by atoms with Crippen molar-refractivity contribution < 1.29 is 0 Å². The Labute approximate surface area is 138 Å². The molecule has 4 aromatic rings. The van der Waals surface area contributed by atoms with Gasteiger partial charge in [-0.05, 0) is 24.3 Å². The molecule has 0 fully saturated rings. The summed E-state index contributed by atoms with van der Waals surface area (Å²) in [5.41, 5.74) is 7.85. The third-order valence-corrected chi connectivity index (χ3v) is 4.68. The van der Waals surface area contributed by atoms with Crippen molar-refractivity contribution in [3.63, 3.8) is 0 Å². The lowest BCUT2D eigenvalue weighted by molar-refractivity contribution is 0.886. The second kappa shape index (κ2) is 5.19. The van der Waals surface area contributed by atoms with E-state index in [-0.39, 0.29) is 0 Å². The summed E-state index contributed by atoms with van der Waals surface area (Å²) in [5.74, 6) is 0.909. The molecule has 2 aromatic heterocycles. The molecule has 0 atom stereocenters. The lowest BCUT2D eigenvalue weighted by Crippen LogP contribution is -2.01. The third kappa shape index (κ3) is 2.28. The first-order chi connectivity index (χ1) is 10.7. The number of nitrogens with zero attached hydrogens (tertiary/aromatic N) is 4. The van der Waals surface area contributed by atoms with Gasteiger partial charge in [0.1, 0.15) is 0 Å². The number of hydrogen-bond acceptors (Lipinski definition) is 5. The van der Waals surface area contributed by atoms with Gasteiger partial charge in [-0.1, -0.05) is 51.5 Å². The van der Waals surface area contributed by atoms with Gasteiger partial charge < -0.3 is 5.73 Å². The first-order valence-corrected chi connectivity index (χ1v) is 8.16. The lowest BCUT2D eigenvalue weighted by Gasteiger charge is -1.96. The molecule has 2 N–H and O–H groups in total. The Morgan fingerprint density at radius 1 is 1.05 bits per heavy atom. The molecule has 0 aliphatic heterocycles. The summed E-state index contributed by atoms with van der Waals surface area (Å²) in [6, 6.07) is 15.7. The maximum atomic E-state index is 6.01. The van der Waals surface area contributed by atoms with Crippen LogP contribution < -0.4 is 5.73 Å².